The standard InChI is InChI=1S/C23H27FN4O/c1-15(2)22-14-27(13-18-6-4-5-7-19(18)24)10-11-28(22)23(29)17-8-9-20-21(12-17)26-16(3)25-20/h4-9,12,15,22H,10-11,13-14H2,1-3H3,(H,25,26)/t22-/m1/s1. The van der Waals surface area contributed by atoms with Crippen LogP contribution in [-0.2, 0) is 6.54 Å². The zero-order chi connectivity index (χ0) is 20.5. The van der Waals surface area contributed by atoms with E-state index in [1.165, 1.54) is 6.07 Å². The Balaban J connectivity index is 1.52. The van der Waals surface area contributed by atoms with Crippen LogP contribution in [0.4, 0.5) is 4.39 Å². The van der Waals surface area contributed by atoms with Crippen molar-refractivity contribution in [2.24, 2.45) is 5.92 Å². The molecule has 0 bridgehead atoms. The van der Waals surface area contributed by atoms with Gasteiger partial charge in [-0.1, -0.05) is 32.0 Å². The molecule has 1 aromatic heterocycles. The molecule has 1 N–H and O–H groups in total. The summed E-state index contributed by atoms with van der Waals surface area (Å²) in [5.74, 6) is 1.02. The highest BCUT2D eigenvalue weighted by molar-refractivity contribution is 5.97. The molecule has 1 saturated heterocycles. The minimum Gasteiger partial charge on any atom is -0.342 e. The second kappa shape index (κ2) is 7.95. The van der Waals surface area contributed by atoms with Gasteiger partial charge in [0.15, 0.2) is 0 Å². The summed E-state index contributed by atoms with van der Waals surface area (Å²) in [6, 6.07) is 12.6. The van der Waals surface area contributed by atoms with Crippen LogP contribution in [0, 0.1) is 18.7 Å². The number of carbonyl (C=O) groups is 1. The number of imidazole rings is 1. The molecule has 1 amide bonds. The van der Waals surface area contributed by atoms with Crippen LogP contribution < -0.4 is 0 Å². The molecule has 0 aliphatic carbocycles. The number of hydrogen-bond acceptors (Lipinski definition) is 3. The molecule has 0 spiro atoms. The molecular formula is C23H27FN4O. The number of carbonyl (C=O) groups excluding carboxylic acids is 1. The summed E-state index contributed by atoms with van der Waals surface area (Å²) >= 11 is 0. The van der Waals surface area contributed by atoms with E-state index in [1.807, 2.05) is 42.2 Å². The number of hydrogen-bond donors (Lipinski definition) is 1. The third-order valence-corrected chi connectivity index (χ3v) is 5.73. The highest BCUT2D eigenvalue weighted by Crippen LogP contribution is 2.23. The summed E-state index contributed by atoms with van der Waals surface area (Å²) in [7, 11) is 0. The monoisotopic (exact) mass is 394 g/mol. The van der Waals surface area contributed by atoms with Crippen LogP contribution >= 0.6 is 0 Å². The molecule has 3 aromatic rings. The average Bonchev–Trinajstić information content (AvgIpc) is 3.08. The van der Waals surface area contributed by atoms with Crippen molar-refractivity contribution in [2.45, 2.75) is 33.4 Å². The number of fused-ring (bicyclic) bond motifs is 1. The van der Waals surface area contributed by atoms with Gasteiger partial charge >= 0.3 is 0 Å². The second-order valence-electron chi connectivity index (χ2n) is 8.19. The van der Waals surface area contributed by atoms with Crippen LogP contribution in [0.15, 0.2) is 42.5 Å². The average molecular weight is 394 g/mol. The van der Waals surface area contributed by atoms with E-state index in [9.17, 15) is 9.18 Å². The number of halogens is 1. The molecule has 5 nitrogen and oxygen atoms in total. The fraction of sp³-hybridized carbons (Fsp3) is 0.391. The lowest BCUT2D eigenvalue weighted by atomic mass is 9.98. The van der Waals surface area contributed by atoms with Gasteiger partial charge in [-0.2, -0.15) is 0 Å². The van der Waals surface area contributed by atoms with Gasteiger partial charge in [-0.05, 0) is 37.1 Å². The Labute approximate surface area is 170 Å². The lowest BCUT2D eigenvalue weighted by Gasteiger charge is -2.43. The van der Waals surface area contributed by atoms with Crippen molar-refractivity contribution in [3.8, 4) is 0 Å². The van der Waals surface area contributed by atoms with Crippen LogP contribution in [0.5, 0.6) is 0 Å². The smallest absolute Gasteiger partial charge is 0.254 e. The van der Waals surface area contributed by atoms with Gasteiger partial charge in [-0.15, -0.1) is 0 Å². The summed E-state index contributed by atoms with van der Waals surface area (Å²) in [6.07, 6.45) is 0. The Morgan fingerprint density at radius 1 is 1.24 bits per heavy atom. The number of amides is 1. The maximum Gasteiger partial charge on any atom is 0.254 e. The number of aryl methyl sites for hydroxylation is 1. The van der Waals surface area contributed by atoms with E-state index in [1.54, 1.807) is 6.07 Å². The van der Waals surface area contributed by atoms with Gasteiger partial charge in [-0.3, -0.25) is 9.69 Å². The Hall–Kier alpha value is -2.73. The molecule has 2 aromatic carbocycles. The molecule has 2 heterocycles. The number of piperazine rings is 1. The number of aromatic nitrogens is 2. The molecular weight excluding hydrogens is 367 g/mol. The lowest BCUT2D eigenvalue weighted by Crippen LogP contribution is -2.56. The van der Waals surface area contributed by atoms with E-state index in [4.69, 9.17) is 0 Å². The molecule has 29 heavy (non-hydrogen) atoms. The fourth-order valence-electron chi connectivity index (χ4n) is 4.14. The summed E-state index contributed by atoms with van der Waals surface area (Å²) in [6.45, 7) is 8.86. The van der Waals surface area contributed by atoms with E-state index in [0.29, 0.717) is 30.1 Å². The van der Waals surface area contributed by atoms with Crippen molar-refractivity contribution < 1.29 is 9.18 Å². The van der Waals surface area contributed by atoms with E-state index in [2.05, 4.69) is 28.7 Å². The molecule has 1 fully saturated rings. The molecule has 152 valence electrons. The zero-order valence-electron chi connectivity index (χ0n) is 17.2. The van der Waals surface area contributed by atoms with Crippen LogP contribution in [0.2, 0.25) is 0 Å². The minimum atomic E-state index is -0.171. The first-order chi connectivity index (χ1) is 13.9. The van der Waals surface area contributed by atoms with Gasteiger partial charge in [0.05, 0.1) is 11.0 Å². The number of rotatable bonds is 4. The Morgan fingerprint density at radius 2 is 2.03 bits per heavy atom. The molecule has 0 radical (unpaired) electrons. The Kier molecular flexibility index (Phi) is 5.37. The first-order valence-electron chi connectivity index (χ1n) is 10.2. The predicted molar refractivity (Wildman–Crippen MR) is 112 cm³/mol. The summed E-state index contributed by atoms with van der Waals surface area (Å²) in [5.41, 5.74) is 3.13. The number of nitrogens with zero attached hydrogens (tertiary/aromatic N) is 3. The van der Waals surface area contributed by atoms with Crippen molar-refractivity contribution in [3.63, 3.8) is 0 Å². The predicted octanol–water partition coefficient (Wildman–Crippen LogP) is 3.99. The maximum absolute atomic E-state index is 14.1. The van der Waals surface area contributed by atoms with E-state index >= 15 is 0 Å². The summed E-state index contributed by atoms with van der Waals surface area (Å²) in [4.78, 5) is 25.1. The fourth-order valence-corrected chi connectivity index (χ4v) is 4.14. The molecule has 1 aliphatic heterocycles. The molecule has 6 heteroatoms. The molecule has 1 aliphatic rings. The Morgan fingerprint density at radius 3 is 2.79 bits per heavy atom. The van der Waals surface area contributed by atoms with Gasteiger partial charge in [0.25, 0.3) is 5.91 Å². The largest absolute Gasteiger partial charge is 0.342 e. The molecule has 0 unspecified atom stereocenters. The Bertz CT molecular complexity index is 1030. The van der Waals surface area contributed by atoms with E-state index in [-0.39, 0.29) is 17.8 Å². The SMILES string of the molecule is Cc1nc2ccc(C(=O)N3CCN(Cc4ccccc4F)C[C@@H]3C(C)C)cc2[nH]1. The maximum atomic E-state index is 14.1. The van der Waals surface area contributed by atoms with Crippen molar-refractivity contribution in [2.75, 3.05) is 19.6 Å². The molecule has 0 saturated carbocycles. The summed E-state index contributed by atoms with van der Waals surface area (Å²) < 4.78 is 14.1. The van der Waals surface area contributed by atoms with E-state index < -0.39 is 0 Å². The molecule has 4 rings (SSSR count). The van der Waals surface area contributed by atoms with Gasteiger partial charge in [0.2, 0.25) is 0 Å². The minimum absolute atomic E-state index is 0.0448. The zero-order valence-corrected chi connectivity index (χ0v) is 17.2. The lowest BCUT2D eigenvalue weighted by molar-refractivity contribution is 0.0326. The first-order valence-corrected chi connectivity index (χ1v) is 10.2. The van der Waals surface area contributed by atoms with Gasteiger partial charge < -0.3 is 9.88 Å². The number of nitrogens with one attached hydrogen (secondary N) is 1. The molecule has 1 atom stereocenters. The van der Waals surface area contributed by atoms with Crippen LogP contribution in [-0.4, -0.2) is 51.4 Å². The van der Waals surface area contributed by atoms with Gasteiger partial charge in [-0.25, -0.2) is 9.37 Å². The van der Waals surface area contributed by atoms with Crippen molar-refractivity contribution in [1.82, 2.24) is 19.8 Å². The second-order valence-corrected chi connectivity index (χ2v) is 8.19. The normalized spacial score (nSPS) is 18.0. The number of aromatic amines is 1. The number of H-pyrrole nitrogens is 1. The first kappa shape index (κ1) is 19.6. The van der Waals surface area contributed by atoms with Crippen molar-refractivity contribution in [1.29, 1.82) is 0 Å². The van der Waals surface area contributed by atoms with Crippen LogP contribution in [0.3, 0.4) is 0 Å². The van der Waals surface area contributed by atoms with Crippen LogP contribution in [0.25, 0.3) is 11.0 Å². The number of benzene rings is 2. The highest BCUT2D eigenvalue weighted by atomic mass is 19.1. The third kappa shape index (κ3) is 4.03. The van der Waals surface area contributed by atoms with Crippen molar-refractivity contribution in [3.05, 3.63) is 65.2 Å². The van der Waals surface area contributed by atoms with Gasteiger partial charge in [0, 0.05) is 43.3 Å². The van der Waals surface area contributed by atoms with Crippen molar-refractivity contribution >= 4 is 16.9 Å². The summed E-state index contributed by atoms with van der Waals surface area (Å²) in [5, 5.41) is 0. The quantitative estimate of drug-likeness (QED) is 0.728. The third-order valence-electron chi connectivity index (χ3n) is 5.73. The van der Waals surface area contributed by atoms with Crippen LogP contribution in [0.1, 0.15) is 35.6 Å². The van der Waals surface area contributed by atoms with Gasteiger partial charge in [0.1, 0.15) is 11.6 Å². The highest BCUT2D eigenvalue weighted by Gasteiger charge is 2.33. The topological polar surface area (TPSA) is 52.2 Å². The van der Waals surface area contributed by atoms with E-state index in [0.717, 1.165) is 29.9 Å².